The monoisotopic (exact) mass is 978 g/mol. The van der Waals surface area contributed by atoms with E-state index in [9.17, 15) is 48.8 Å². The predicted octanol–water partition coefficient (Wildman–Crippen LogP) is 8.24. The molecular weight excluding hydrogens is 898 g/mol. The van der Waals surface area contributed by atoms with Gasteiger partial charge in [0.1, 0.15) is 43.2 Å². The van der Waals surface area contributed by atoms with Crippen molar-refractivity contribution < 1.29 is 81.7 Å². The lowest BCUT2D eigenvalue weighted by molar-refractivity contribution is -0.216. The molecule has 19 heteroatoms. The molecule has 0 aromatic rings. The fourth-order valence-corrected chi connectivity index (χ4v) is 8.33. The number of carbonyl (C=O) groups is 3. The average Bonchev–Trinajstić information content (AvgIpc) is 3.26. The molecule has 1 saturated carbocycles. The van der Waals surface area contributed by atoms with Crippen LogP contribution in [0.4, 0.5) is 0 Å². The number of unbranched alkanes of at least 4 members (excludes halogenated alkanes) is 14. The molecule has 1 fully saturated rings. The first-order valence-electron chi connectivity index (χ1n) is 23.8. The molecular formula is C47H80O17P2. The molecule has 1 rings (SSSR count). The summed E-state index contributed by atoms with van der Waals surface area (Å²) in [5.41, 5.74) is 0. The van der Waals surface area contributed by atoms with Crippen LogP contribution in [0, 0.1) is 0 Å². The molecule has 380 valence electrons. The van der Waals surface area contributed by atoms with Crippen LogP contribution in [-0.2, 0) is 46.6 Å². The van der Waals surface area contributed by atoms with Gasteiger partial charge in [0, 0.05) is 19.3 Å². The number of phosphoric ester groups is 2. The maximum absolute atomic E-state index is 13.0. The number of esters is 2. The van der Waals surface area contributed by atoms with Crippen molar-refractivity contribution in [1.29, 1.82) is 0 Å². The summed E-state index contributed by atoms with van der Waals surface area (Å²) in [5.74, 6) is -1.20. The summed E-state index contributed by atoms with van der Waals surface area (Å²) in [6.07, 6.45) is 24.5. The molecule has 0 heterocycles. The summed E-state index contributed by atoms with van der Waals surface area (Å²) in [4.78, 5) is 66.0. The molecule has 8 atom stereocenters. The summed E-state index contributed by atoms with van der Waals surface area (Å²) in [5, 5.41) is 41.2. The third-order valence-corrected chi connectivity index (χ3v) is 12.0. The highest BCUT2D eigenvalue weighted by Crippen LogP contribution is 2.49. The Labute approximate surface area is 392 Å². The van der Waals surface area contributed by atoms with Gasteiger partial charge in [-0.05, 0) is 70.3 Å². The number of carbonyl (C=O) groups excluding carboxylic acids is 3. The second-order valence-corrected chi connectivity index (χ2v) is 19.1. The smallest absolute Gasteiger partial charge is 0.462 e. The topological polar surface area (TPSA) is 273 Å². The van der Waals surface area contributed by atoms with Crippen molar-refractivity contribution in [2.45, 2.75) is 204 Å². The van der Waals surface area contributed by atoms with Gasteiger partial charge in [0.05, 0.1) is 6.61 Å². The fourth-order valence-electron chi connectivity index (χ4n) is 6.79. The Balaban J connectivity index is 2.66. The molecule has 17 nitrogen and oxygen atoms in total. The second kappa shape index (κ2) is 37.3. The lowest BCUT2D eigenvalue weighted by Gasteiger charge is -2.43. The number of aliphatic hydroxyl groups is 4. The van der Waals surface area contributed by atoms with E-state index < -0.39 is 83.5 Å². The minimum atomic E-state index is -5.38. The summed E-state index contributed by atoms with van der Waals surface area (Å²) in [7, 11) is -10.7. The predicted molar refractivity (Wildman–Crippen MR) is 251 cm³/mol. The number of rotatable bonds is 39. The Morgan fingerprint density at radius 1 is 0.530 bits per heavy atom. The molecule has 1 aliphatic rings. The first-order chi connectivity index (χ1) is 31.5. The van der Waals surface area contributed by atoms with Crippen molar-refractivity contribution in [3.8, 4) is 0 Å². The van der Waals surface area contributed by atoms with Crippen LogP contribution in [0.1, 0.15) is 162 Å². The molecule has 1 aliphatic carbocycles. The van der Waals surface area contributed by atoms with Gasteiger partial charge in [-0.2, -0.15) is 0 Å². The molecule has 0 radical (unpaired) electrons. The van der Waals surface area contributed by atoms with E-state index in [1.54, 1.807) is 12.2 Å². The molecule has 0 aromatic carbocycles. The SMILES string of the molecule is CCCCCCCC/C=C\CCCCCCCC(=O)OC[C@H](COP(=O)(O)O[C@H]1C(O)C(O)C(O)[C@@H](OP(=O)(O)O)C1O)OC(=O)CCC/C=C\C/C=C\C/C=C\C=C\C(=O)CCCCC. The van der Waals surface area contributed by atoms with E-state index in [4.69, 9.17) is 28.3 Å². The first-order valence-corrected chi connectivity index (χ1v) is 26.8. The Bertz CT molecular complexity index is 1570. The standard InChI is InChI=1S/C47H80O17P2/c1-3-5-7-8-9-10-11-12-13-14-17-20-23-26-30-34-40(49)60-36-39(37-61-66(58,59)64-47-44(53)42(51)43(52)46(45(47)54)63-65(55,56)57)62-41(50)35-31-27-24-21-18-15-16-19-22-25-29-33-38(48)32-28-6-4-2/h12-13,15-16,21-22,24-25,29,33,39,42-47,51-54H,3-11,14,17-20,23,26-28,30-32,34-37H2,1-2H3,(H,58,59)(H2,55,56,57)/b13-12-,16-15-,24-21-,25-22-,33-29+/t39-,42?,43?,44?,45?,46-,47+/m1/s1. The molecule has 0 aliphatic heterocycles. The molecule has 0 saturated heterocycles. The largest absolute Gasteiger partial charge is 0.472 e. The second-order valence-electron chi connectivity index (χ2n) is 16.5. The van der Waals surface area contributed by atoms with Gasteiger partial charge in [0.25, 0.3) is 0 Å². The average molecular weight is 979 g/mol. The molecule has 7 N–H and O–H groups in total. The summed E-state index contributed by atoms with van der Waals surface area (Å²) >= 11 is 0. The van der Waals surface area contributed by atoms with E-state index in [0.717, 1.165) is 57.8 Å². The third kappa shape index (κ3) is 31.4. The van der Waals surface area contributed by atoms with E-state index in [0.29, 0.717) is 38.5 Å². The first kappa shape index (κ1) is 61.4. The Hall–Kier alpha value is -2.63. The number of ketones is 1. The summed E-state index contributed by atoms with van der Waals surface area (Å²) in [6, 6.07) is 0. The van der Waals surface area contributed by atoms with Crippen LogP contribution in [-0.4, -0.2) is 109 Å². The Morgan fingerprint density at radius 2 is 1.03 bits per heavy atom. The minimum absolute atomic E-state index is 0.0616. The highest BCUT2D eigenvalue weighted by atomic mass is 31.2. The molecule has 0 spiro atoms. The van der Waals surface area contributed by atoms with E-state index in [2.05, 4.69) is 30.5 Å². The van der Waals surface area contributed by atoms with Gasteiger partial charge >= 0.3 is 27.6 Å². The Kier molecular flexibility index (Phi) is 34.7. The molecule has 5 unspecified atom stereocenters. The fraction of sp³-hybridized carbons (Fsp3) is 0.723. The van der Waals surface area contributed by atoms with Crippen molar-refractivity contribution >= 4 is 33.4 Å². The van der Waals surface area contributed by atoms with Crippen LogP contribution in [0.25, 0.3) is 0 Å². The van der Waals surface area contributed by atoms with Crippen LogP contribution >= 0.6 is 15.6 Å². The highest BCUT2D eigenvalue weighted by Gasteiger charge is 2.54. The van der Waals surface area contributed by atoms with Gasteiger partial charge in [-0.3, -0.25) is 28.0 Å². The van der Waals surface area contributed by atoms with Gasteiger partial charge in [-0.25, -0.2) is 9.13 Å². The molecule has 0 bridgehead atoms. The van der Waals surface area contributed by atoms with Gasteiger partial charge in [0.15, 0.2) is 11.9 Å². The van der Waals surface area contributed by atoms with Gasteiger partial charge in [-0.1, -0.05) is 133 Å². The van der Waals surface area contributed by atoms with Gasteiger partial charge < -0.3 is 44.6 Å². The number of aliphatic hydroxyl groups excluding tert-OH is 4. The number of phosphoric acid groups is 2. The lowest BCUT2D eigenvalue weighted by Crippen LogP contribution is -2.64. The minimum Gasteiger partial charge on any atom is -0.462 e. The molecule has 0 aromatic heterocycles. The zero-order valence-electron chi connectivity index (χ0n) is 39.1. The van der Waals surface area contributed by atoms with Crippen molar-refractivity contribution in [3.05, 3.63) is 60.8 Å². The van der Waals surface area contributed by atoms with E-state index in [-0.39, 0.29) is 18.6 Å². The van der Waals surface area contributed by atoms with Crippen LogP contribution in [0.15, 0.2) is 60.8 Å². The zero-order valence-corrected chi connectivity index (χ0v) is 40.9. The van der Waals surface area contributed by atoms with Crippen LogP contribution in [0.5, 0.6) is 0 Å². The van der Waals surface area contributed by atoms with Crippen molar-refractivity contribution in [2.75, 3.05) is 13.2 Å². The number of hydrogen-bond donors (Lipinski definition) is 7. The van der Waals surface area contributed by atoms with Crippen molar-refractivity contribution in [2.24, 2.45) is 0 Å². The third-order valence-electron chi connectivity index (χ3n) is 10.5. The van der Waals surface area contributed by atoms with Crippen LogP contribution < -0.4 is 0 Å². The summed E-state index contributed by atoms with van der Waals surface area (Å²) in [6.45, 7) is 2.88. The van der Waals surface area contributed by atoms with Gasteiger partial charge in [-0.15, -0.1) is 0 Å². The van der Waals surface area contributed by atoms with E-state index in [1.165, 1.54) is 38.5 Å². The van der Waals surface area contributed by atoms with Crippen LogP contribution in [0.2, 0.25) is 0 Å². The van der Waals surface area contributed by atoms with Crippen molar-refractivity contribution in [3.63, 3.8) is 0 Å². The number of ether oxygens (including phenoxy) is 2. The quantitative estimate of drug-likeness (QED) is 0.00763. The molecule has 0 amide bonds. The molecule has 66 heavy (non-hydrogen) atoms. The summed E-state index contributed by atoms with van der Waals surface area (Å²) < 4.78 is 49.2. The highest BCUT2D eigenvalue weighted by molar-refractivity contribution is 7.47. The number of allylic oxidation sites excluding steroid dienone is 10. The maximum Gasteiger partial charge on any atom is 0.472 e. The Morgan fingerprint density at radius 3 is 1.67 bits per heavy atom. The van der Waals surface area contributed by atoms with Gasteiger partial charge in [0.2, 0.25) is 0 Å². The normalized spacial score (nSPS) is 22.0. The zero-order chi connectivity index (χ0) is 49.1. The maximum atomic E-state index is 13.0. The number of hydrogen-bond acceptors (Lipinski definition) is 14. The lowest BCUT2D eigenvalue weighted by atomic mass is 9.85. The van der Waals surface area contributed by atoms with Crippen molar-refractivity contribution in [1.82, 2.24) is 0 Å². The van der Waals surface area contributed by atoms with E-state index >= 15 is 0 Å². The van der Waals surface area contributed by atoms with E-state index in [1.807, 2.05) is 36.5 Å². The van der Waals surface area contributed by atoms with Crippen LogP contribution in [0.3, 0.4) is 0 Å².